The molecule has 1 N–H and O–H groups in total. The van der Waals surface area contributed by atoms with Crippen molar-refractivity contribution in [1.82, 2.24) is 10.2 Å². The summed E-state index contributed by atoms with van der Waals surface area (Å²) in [7, 11) is 0. The monoisotopic (exact) mass is 282 g/mol. The third-order valence-corrected chi connectivity index (χ3v) is 4.28. The summed E-state index contributed by atoms with van der Waals surface area (Å²) in [4.78, 5) is 2.60. The van der Waals surface area contributed by atoms with E-state index < -0.39 is 0 Å². The Balaban J connectivity index is 1.59. The number of hydrogen-bond acceptors (Lipinski definition) is 3. The summed E-state index contributed by atoms with van der Waals surface area (Å²) in [5, 5.41) is 3.59. The van der Waals surface area contributed by atoms with E-state index in [-0.39, 0.29) is 0 Å². The van der Waals surface area contributed by atoms with Crippen molar-refractivity contribution in [3.8, 4) is 0 Å². The van der Waals surface area contributed by atoms with Gasteiger partial charge in [-0.2, -0.15) is 0 Å². The number of ether oxygens (including phenoxy) is 1. The summed E-state index contributed by atoms with van der Waals surface area (Å²) in [5.41, 5.74) is 0.414. The lowest BCUT2D eigenvalue weighted by Crippen LogP contribution is -2.50. The molecule has 2 fully saturated rings. The Kier molecular flexibility index (Phi) is 5.49. The lowest BCUT2D eigenvalue weighted by atomic mass is 9.88. The molecule has 2 rings (SSSR count). The van der Waals surface area contributed by atoms with Crippen molar-refractivity contribution in [2.24, 2.45) is 5.41 Å². The molecule has 0 radical (unpaired) electrons. The van der Waals surface area contributed by atoms with Crippen LogP contribution in [0.4, 0.5) is 0 Å². The van der Waals surface area contributed by atoms with Crippen LogP contribution in [0.1, 0.15) is 60.3 Å². The highest BCUT2D eigenvalue weighted by molar-refractivity contribution is 4.88. The van der Waals surface area contributed by atoms with E-state index in [1.165, 1.54) is 45.3 Å². The summed E-state index contributed by atoms with van der Waals surface area (Å²) < 4.78 is 6.25. The van der Waals surface area contributed by atoms with Crippen LogP contribution >= 0.6 is 0 Å². The average Bonchev–Trinajstić information content (AvgIpc) is 2.26. The molecule has 0 unspecified atom stereocenters. The lowest BCUT2D eigenvalue weighted by Gasteiger charge is -2.41. The highest BCUT2D eigenvalue weighted by Crippen LogP contribution is 2.28. The van der Waals surface area contributed by atoms with Crippen LogP contribution in [0, 0.1) is 5.41 Å². The number of piperidine rings is 1. The number of nitrogens with one attached hydrogen (secondary N) is 1. The number of nitrogens with zero attached hydrogens (tertiary/aromatic N) is 1. The molecule has 1 aliphatic heterocycles. The van der Waals surface area contributed by atoms with Crippen LogP contribution in [-0.2, 0) is 4.74 Å². The molecule has 0 aromatic rings. The minimum Gasteiger partial charge on any atom is -0.375 e. The van der Waals surface area contributed by atoms with E-state index >= 15 is 0 Å². The predicted molar refractivity (Wildman–Crippen MR) is 85.1 cm³/mol. The number of hydrogen-bond donors (Lipinski definition) is 1. The zero-order valence-corrected chi connectivity index (χ0v) is 14.1. The molecular weight excluding hydrogens is 248 g/mol. The topological polar surface area (TPSA) is 24.5 Å². The van der Waals surface area contributed by atoms with Crippen molar-refractivity contribution in [2.75, 3.05) is 19.6 Å². The van der Waals surface area contributed by atoms with Gasteiger partial charge in [0.25, 0.3) is 0 Å². The van der Waals surface area contributed by atoms with Gasteiger partial charge in [-0.3, -0.25) is 0 Å². The molecule has 118 valence electrons. The van der Waals surface area contributed by atoms with Crippen molar-refractivity contribution in [2.45, 2.75) is 84.6 Å². The highest BCUT2D eigenvalue weighted by atomic mass is 16.5. The Labute approximate surface area is 125 Å². The van der Waals surface area contributed by atoms with Crippen molar-refractivity contribution in [3.05, 3.63) is 0 Å². The third kappa shape index (κ3) is 5.34. The minimum atomic E-state index is 0.414. The molecule has 1 heterocycles. The van der Waals surface area contributed by atoms with Crippen LogP contribution in [-0.4, -0.2) is 48.8 Å². The smallest absolute Gasteiger partial charge is 0.0608 e. The Morgan fingerprint density at radius 3 is 2.20 bits per heavy atom. The fraction of sp³-hybridized carbons (Fsp3) is 1.00. The van der Waals surface area contributed by atoms with E-state index in [2.05, 4.69) is 44.8 Å². The second-order valence-corrected chi connectivity index (χ2v) is 8.28. The number of rotatable bonds is 5. The Bertz CT molecular complexity index is 284. The molecule has 1 saturated carbocycles. The first-order chi connectivity index (χ1) is 9.32. The van der Waals surface area contributed by atoms with E-state index in [0.717, 1.165) is 0 Å². The Morgan fingerprint density at radius 2 is 1.70 bits per heavy atom. The zero-order chi connectivity index (χ0) is 14.8. The molecule has 0 aromatic carbocycles. The molecule has 3 nitrogen and oxygen atoms in total. The van der Waals surface area contributed by atoms with Crippen LogP contribution in [0.25, 0.3) is 0 Å². The van der Waals surface area contributed by atoms with Crippen molar-refractivity contribution in [3.63, 3.8) is 0 Å². The summed E-state index contributed by atoms with van der Waals surface area (Å²) in [6.45, 7) is 15.1. The van der Waals surface area contributed by atoms with Gasteiger partial charge in [0.2, 0.25) is 0 Å². The first-order valence-electron chi connectivity index (χ1n) is 8.46. The fourth-order valence-corrected chi connectivity index (χ4v) is 3.43. The van der Waals surface area contributed by atoms with Gasteiger partial charge < -0.3 is 15.0 Å². The van der Waals surface area contributed by atoms with Crippen LogP contribution in [0.2, 0.25) is 0 Å². The molecule has 0 amide bonds. The van der Waals surface area contributed by atoms with E-state index in [1.807, 2.05) is 0 Å². The summed E-state index contributed by atoms with van der Waals surface area (Å²) in [6.07, 6.45) is 5.88. The second kappa shape index (κ2) is 6.76. The van der Waals surface area contributed by atoms with Crippen molar-refractivity contribution in [1.29, 1.82) is 0 Å². The van der Waals surface area contributed by atoms with E-state index in [1.54, 1.807) is 0 Å². The predicted octanol–water partition coefficient (Wildman–Crippen LogP) is 3.04. The molecule has 2 aliphatic rings. The van der Waals surface area contributed by atoms with E-state index in [4.69, 9.17) is 4.74 Å². The second-order valence-electron chi connectivity index (χ2n) is 8.28. The molecular formula is C17H34N2O. The molecule has 3 heteroatoms. The molecule has 1 aliphatic carbocycles. The first-order valence-corrected chi connectivity index (χ1v) is 8.46. The van der Waals surface area contributed by atoms with Gasteiger partial charge in [-0.25, -0.2) is 0 Å². The van der Waals surface area contributed by atoms with Crippen LogP contribution in [0.15, 0.2) is 0 Å². The van der Waals surface area contributed by atoms with Gasteiger partial charge in [0.15, 0.2) is 0 Å². The molecule has 0 atom stereocenters. The Morgan fingerprint density at radius 1 is 1.10 bits per heavy atom. The van der Waals surface area contributed by atoms with Gasteiger partial charge in [0.1, 0.15) is 0 Å². The van der Waals surface area contributed by atoms with Gasteiger partial charge in [0, 0.05) is 31.7 Å². The van der Waals surface area contributed by atoms with Gasteiger partial charge >= 0.3 is 0 Å². The van der Waals surface area contributed by atoms with Crippen molar-refractivity contribution >= 4 is 0 Å². The van der Waals surface area contributed by atoms with Gasteiger partial charge in [-0.1, -0.05) is 34.6 Å². The van der Waals surface area contributed by atoms with Gasteiger partial charge in [0.05, 0.1) is 12.2 Å². The lowest BCUT2D eigenvalue weighted by molar-refractivity contribution is -0.0865. The Hall–Kier alpha value is -0.120. The van der Waals surface area contributed by atoms with Gasteiger partial charge in [-0.15, -0.1) is 0 Å². The molecule has 0 spiro atoms. The molecule has 20 heavy (non-hydrogen) atoms. The quantitative estimate of drug-likeness (QED) is 0.839. The maximum Gasteiger partial charge on any atom is 0.0608 e. The largest absolute Gasteiger partial charge is 0.375 e. The van der Waals surface area contributed by atoms with Crippen LogP contribution in [0.3, 0.4) is 0 Å². The maximum atomic E-state index is 6.25. The van der Waals surface area contributed by atoms with Crippen LogP contribution in [0.5, 0.6) is 0 Å². The molecule has 0 bridgehead atoms. The van der Waals surface area contributed by atoms with E-state index in [9.17, 15) is 0 Å². The molecule has 0 aromatic heterocycles. The van der Waals surface area contributed by atoms with E-state index in [0.29, 0.717) is 29.7 Å². The van der Waals surface area contributed by atoms with Gasteiger partial charge in [-0.05, 0) is 31.1 Å². The van der Waals surface area contributed by atoms with Crippen molar-refractivity contribution < 1.29 is 4.74 Å². The number of likely N-dealkylation sites (tertiary alicyclic amines) is 1. The van der Waals surface area contributed by atoms with Crippen LogP contribution < -0.4 is 5.32 Å². The summed E-state index contributed by atoms with van der Waals surface area (Å²) in [5.74, 6) is 0. The zero-order valence-electron chi connectivity index (χ0n) is 14.1. The summed E-state index contributed by atoms with van der Waals surface area (Å²) >= 11 is 0. The first kappa shape index (κ1) is 16.3. The standard InChI is InChI=1S/C17H34N2O/c1-13(2)18-14-10-16(11-14)20-15-6-8-19(9-7-15)12-17(3,4)5/h13-16,18H,6-12H2,1-5H3. The average molecular weight is 282 g/mol. The third-order valence-electron chi connectivity index (χ3n) is 4.28. The normalized spacial score (nSPS) is 29.7. The maximum absolute atomic E-state index is 6.25. The SMILES string of the molecule is CC(C)NC1CC(OC2CCN(CC(C)(C)C)CC2)C1. The highest BCUT2D eigenvalue weighted by Gasteiger charge is 2.33. The summed E-state index contributed by atoms with van der Waals surface area (Å²) in [6, 6.07) is 1.29. The fourth-order valence-electron chi connectivity index (χ4n) is 3.43. The minimum absolute atomic E-state index is 0.414. The molecule has 1 saturated heterocycles.